The number of nitrogens with one attached hydrogen (secondary N) is 1. The van der Waals surface area contributed by atoms with E-state index in [1.807, 2.05) is 42.5 Å². The van der Waals surface area contributed by atoms with Crippen molar-refractivity contribution in [1.29, 1.82) is 0 Å². The van der Waals surface area contributed by atoms with Gasteiger partial charge in [-0.3, -0.25) is 9.36 Å². The average Bonchev–Trinajstić information content (AvgIpc) is 2.71. The average molecular weight is 367 g/mol. The number of para-hydroxylation sites is 1. The molecule has 1 aromatic heterocycles. The molecule has 0 amide bonds. The summed E-state index contributed by atoms with van der Waals surface area (Å²) in [5, 5.41) is 22.0. The van der Waals surface area contributed by atoms with E-state index in [9.17, 15) is 9.90 Å². The molecule has 6 heteroatoms. The van der Waals surface area contributed by atoms with Gasteiger partial charge in [0, 0.05) is 18.7 Å². The minimum absolute atomic E-state index is 0.0666. The first-order valence-electron chi connectivity index (χ1n) is 9.28. The Morgan fingerprint density at radius 2 is 1.89 bits per heavy atom. The van der Waals surface area contributed by atoms with Crippen LogP contribution < -0.4 is 10.9 Å². The Labute approximate surface area is 158 Å². The van der Waals surface area contributed by atoms with E-state index in [1.165, 1.54) is 0 Å². The van der Waals surface area contributed by atoms with Crippen LogP contribution >= 0.6 is 0 Å². The molecule has 0 fully saturated rings. The number of anilines is 1. The highest BCUT2D eigenvalue weighted by atomic mass is 16.3. The van der Waals surface area contributed by atoms with Gasteiger partial charge in [-0.15, -0.1) is 0 Å². The third-order valence-electron chi connectivity index (χ3n) is 4.48. The molecule has 1 atom stereocenters. The molecule has 1 heterocycles. The van der Waals surface area contributed by atoms with E-state index >= 15 is 0 Å². The van der Waals surface area contributed by atoms with Crippen molar-refractivity contribution < 1.29 is 10.2 Å². The smallest absolute Gasteiger partial charge is 0.265 e. The molecule has 142 valence electrons. The molecule has 2 aromatic carbocycles. The molecule has 3 aromatic rings. The molecule has 6 nitrogen and oxygen atoms in total. The van der Waals surface area contributed by atoms with Gasteiger partial charge >= 0.3 is 0 Å². The van der Waals surface area contributed by atoms with Crippen molar-refractivity contribution in [3.63, 3.8) is 0 Å². The zero-order valence-electron chi connectivity index (χ0n) is 15.4. The minimum atomic E-state index is -0.808. The van der Waals surface area contributed by atoms with E-state index in [1.54, 1.807) is 10.6 Å². The summed E-state index contributed by atoms with van der Waals surface area (Å²) in [6, 6.07) is 14.8. The first kappa shape index (κ1) is 19.1. The predicted octanol–water partition coefficient (Wildman–Crippen LogP) is 2.49. The van der Waals surface area contributed by atoms with E-state index in [2.05, 4.69) is 12.2 Å². The summed E-state index contributed by atoms with van der Waals surface area (Å²) in [6.45, 7) is 2.09. The Morgan fingerprint density at radius 1 is 1.15 bits per heavy atom. The van der Waals surface area contributed by atoms with Crippen molar-refractivity contribution in [2.24, 2.45) is 0 Å². The fourth-order valence-electron chi connectivity index (χ4n) is 2.98. The summed E-state index contributed by atoms with van der Waals surface area (Å²) in [7, 11) is 0. The molecule has 0 radical (unpaired) electrons. The summed E-state index contributed by atoms with van der Waals surface area (Å²) in [5.74, 6) is 0.761. The van der Waals surface area contributed by atoms with Gasteiger partial charge < -0.3 is 15.5 Å². The van der Waals surface area contributed by atoms with Gasteiger partial charge in [0.15, 0.2) is 0 Å². The van der Waals surface area contributed by atoms with E-state index in [0.717, 1.165) is 42.0 Å². The van der Waals surface area contributed by atoms with E-state index < -0.39 is 6.10 Å². The van der Waals surface area contributed by atoms with Gasteiger partial charge in [0.25, 0.3) is 5.56 Å². The maximum absolute atomic E-state index is 13.1. The van der Waals surface area contributed by atoms with Crippen LogP contribution in [0.25, 0.3) is 16.6 Å². The molecule has 0 aliphatic heterocycles. The number of fused-ring (bicyclic) bond motifs is 1. The predicted molar refractivity (Wildman–Crippen MR) is 108 cm³/mol. The van der Waals surface area contributed by atoms with Crippen molar-refractivity contribution in [1.82, 2.24) is 9.55 Å². The van der Waals surface area contributed by atoms with Crippen molar-refractivity contribution in [3.8, 4) is 5.69 Å². The molecular formula is C21H25N3O3. The summed E-state index contributed by atoms with van der Waals surface area (Å²) in [5.41, 5.74) is 2.23. The van der Waals surface area contributed by atoms with Gasteiger partial charge in [-0.1, -0.05) is 25.5 Å². The first-order valence-corrected chi connectivity index (χ1v) is 9.28. The summed E-state index contributed by atoms with van der Waals surface area (Å²) in [6.07, 6.45) is 1.92. The van der Waals surface area contributed by atoms with Crippen LogP contribution in [0.2, 0.25) is 0 Å². The molecule has 0 saturated carbocycles. The van der Waals surface area contributed by atoms with Crippen LogP contribution in [0.1, 0.15) is 25.6 Å². The summed E-state index contributed by atoms with van der Waals surface area (Å²) < 4.78 is 1.68. The van der Waals surface area contributed by atoms with Gasteiger partial charge in [0.05, 0.1) is 29.3 Å². The van der Waals surface area contributed by atoms with Gasteiger partial charge in [-0.2, -0.15) is 0 Å². The highest BCUT2D eigenvalue weighted by Gasteiger charge is 2.12. The Morgan fingerprint density at radius 3 is 2.59 bits per heavy atom. The maximum Gasteiger partial charge on any atom is 0.265 e. The van der Waals surface area contributed by atoms with Crippen LogP contribution in [0.15, 0.2) is 53.3 Å². The number of nitrogens with zero attached hydrogens (tertiary/aromatic N) is 2. The van der Waals surface area contributed by atoms with Crippen LogP contribution in [-0.4, -0.2) is 39.0 Å². The lowest BCUT2D eigenvalue weighted by Gasteiger charge is -2.15. The van der Waals surface area contributed by atoms with E-state index in [0.29, 0.717) is 5.39 Å². The Hall–Kier alpha value is -2.70. The number of unbranched alkanes of at least 4 members (excludes halogenated alkanes) is 1. The van der Waals surface area contributed by atoms with Gasteiger partial charge in [-0.25, -0.2) is 4.98 Å². The number of aryl methyl sites for hydroxylation is 1. The standard InChI is InChI=1S/C21H25N3O3/c1-2-3-8-20-23-19-7-5-4-6-18(19)21(27)24(20)16-11-9-15(10-12-16)22-13-17(26)14-25/h4-7,9-12,17,22,25-26H,2-3,8,13-14H2,1H3. The van der Waals surface area contributed by atoms with Crippen molar-refractivity contribution in [2.75, 3.05) is 18.5 Å². The number of hydrogen-bond donors (Lipinski definition) is 3. The monoisotopic (exact) mass is 367 g/mol. The molecule has 1 unspecified atom stereocenters. The second-order valence-electron chi connectivity index (χ2n) is 6.55. The van der Waals surface area contributed by atoms with Gasteiger partial charge in [-0.05, 0) is 42.8 Å². The Kier molecular flexibility index (Phi) is 6.21. The van der Waals surface area contributed by atoms with Gasteiger partial charge in [0.1, 0.15) is 5.82 Å². The molecule has 27 heavy (non-hydrogen) atoms. The Balaban J connectivity index is 1.99. The molecule has 0 aliphatic rings. The number of aromatic nitrogens is 2. The van der Waals surface area contributed by atoms with Crippen LogP contribution in [0.3, 0.4) is 0 Å². The molecule has 3 N–H and O–H groups in total. The van der Waals surface area contributed by atoms with Crippen molar-refractivity contribution in [2.45, 2.75) is 32.3 Å². The first-order chi connectivity index (χ1) is 13.1. The largest absolute Gasteiger partial charge is 0.394 e. The third-order valence-corrected chi connectivity index (χ3v) is 4.48. The van der Waals surface area contributed by atoms with Crippen molar-refractivity contribution >= 4 is 16.6 Å². The number of aliphatic hydroxyl groups excluding tert-OH is 2. The zero-order valence-corrected chi connectivity index (χ0v) is 15.4. The number of benzene rings is 2. The van der Waals surface area contributed by atoms with E-state index in [4.69, 9.17) is 10.1 Å². The zero-order chi connectivity index (χ0) is 19.2. The quantitative estimate of drug-likeness (QED) is 0.569. The number of rotatable bonds is 8. The summed E-state index contributed by atoms with van der Waals surface area (Å²) >= 11 is 0. The molecular weight excluding hydrogens is 342 g/mol. The number of hydrogen-bond acceptors (Lipinski definition) is 5. The van der Waals surface area contributed by atoms with Gasteiger partial charge in [0.2, 0.25) is 0 Å². The lowest BCUT2D eigenvalue weighted by atomic mass is 10.2. The molecule has 0 aliphatic carbocycles. The SMILES string of the molecule is CCCCc1nc2ccccc2c(=O)n1-c1ccc(NCC(O)CO)cc1. The Bertz CT molecular complexity index is 951. The fourth-order valence-corrected chi connectivity index (χ4v) is 2.98. The third kappa shape index (κ3) is 4.35. The summed E-state index contributed by atoms with van der Waals surface area (Å²) in [4.78, 5) is 17.8. The molecule has 3 rings (SSSR count). The van der Waals surface area contributed by atoms with Crippen LogP contribution in [0, 0.1) is 0 Å². The van der Waals surface area contributed by atoms with Crippen molar-refractivity contribution in [3.05, 3.63) is 64.7 Å². The maximum atomic E-state index is 13.1. The second-order valence-corrected chi connectivity index (χ2v) is 6.55. The second kappa shape index (κ2) is 8.79. The molecule has 0 spiro atoms. The highest BCUT2D eigenvalue weighted by Crippen LogP contribution is 2.17. The minimum Gasteiger partial charge on any atom is -0.394 e. The topological polar surface area (TPSA) is 87.4 Å². The van der Waals surface area contributed by atoms with E-state index in [-0.39, 0.29) is 18.7 Å². The molecule has 0 bridgehead atoms. The lowest BCUT2D eigenvalue weighted by molar-refractivity contribution is 0.105. The normalized spacial score (nSPS) is 12.3. The highest BCUT2D eigenvalue weighted by molar-refractivity contribution is 5.77. The molecule has 0 saturated heterocycles. The van der Waals surface area contributed by atoms with Crippen LogP contribution in [0.4, 0.5) is 5.69 Å². The number of aliphatic hydroxyl groups is 2. The fraction of sp³-hybridized carbons (Fsp3) is 0.333. The lowest BCUT2D eigenvalue weighted by Crippen LogP contribution is -2.24. The van der Waals surface area contributed by atoms with Crippen LogP contribution in [-0.2, 0) is 6.42 Å². The van der Waals surface area contributed by atoms with Crippen LogP contribution in [0.5, 0.6) is 0 Å².